The number of aliphatic imine (C=N–C) groups is 1. The standard InChI is InChI=1S/C8H11NO/c1-7(2)4-8(3)5-9-6-10/h1,3-5H2,2H3. The van der Waals surface area contributed by atoms with Gasteiger partial charge in [-0.25, -0.2) is 9.79 Å². The second-order valence-corrected chi connectivity index (χ2v) is 2.29. The van der Waals surface area contributed by atoms with Gasteiger partial charge in [-0.1, -0.05) is 24.3 Å². The number of allylic oxidation sites excluding steroid dienone is 1. The summed E-state index contributed by atoms with van der Waals surface area (Å²) >= 11 is 0. The van der Waals surface area contributed by atoms with Gasteiger partial charge in [0.05, 0.1) is 6.54 Å². The Morgan fingerprint density at radius 2 is 2.20 bits per heavy atom. The molecule has 2 heteroatoms. The molecule has 0 spiro atoms. The lowest BCUT2D eigenvalue weighted by Gasteiger charge is -1.97. The molecule has 2 nitrogen and oxygen atoms in total. The Balaban J connectivity index is 3.64. The molecule has 54 valence electrons. The van der Waals surface area contributed by atoms with Crippen LogP contribution in [0, 0.1) is 0 Å². The van der Waals surface area contributed by atoms with Crippen molar-refractivity contribution in [1.82, 2.24) is 0 Å². The summed E-state index contributed by atoms with van der Waals surface area (Å²) in [5.41, 5.74) is 1.93. The van der Waals surface area contributed by atoms with Crippen LogP contribution in [-0.2, 0) is 4.79 Å². The van der Waals surface area contributed by atoms with Gasteiger partial charge in [0.15, 0.2) is 0 Å². The molecule has 0 amide bonds. The molecule has 0 fully saturated rings. The smallest absolute Gasteiger partial charge is 0.211 e. The van der Waals surface area contributed by atoms with Crippen molar-refractivity contribution in [2.45, 2.75) is 13.3 Å². The maximum Gasteiger partial charge on any atom is 0.235 e. The van der Waals surface area contributed by atoms with Crippen LogP contribution < -0.4 is 0 Å². The van der Waals surface area contributed by atoms with Gasteiger partial charge in [-0.15, -0.1) is 0 Å². The van der Waals surface area contributed by atoms with Gasteiger partial charge in [-0.2, -0.15) is 0 Å². The third-order valence-corrected chi connectivity index (χ3v) is 0.919. The summed E-state index contributed by atoms with van der Waals surface area (Å²) in [7, 11) is 0. The van der Waals surface area contributed by atoms with E-state index in [9.17, 15) is 4.79 Å². The molecule has 0 rings (SSSR count). The Bertz CT molecular complexity index is 181. The predicted octanol–water partition coefficient (Wildman–Crippen LogP) is 1.84. The molecule has 0 aromatic rings. The van der Waals surface area contributed by atoms with Crippen LogP contribution in [0.3, 0.4) is 0 Å². The highest BCUT2D eigenvalue weighted by Gasteiger charge is 1.91. The van der Waals surface area contributed by atoms with Crippen molar-refractivity contribution in [3.8, 4) is 0 Å². The lowest BCUT2D eigenvalue weighted by Crippen LogP contribution is -1.86. The van der Waals surface area contributed by atoms with E-state index in [4.69, 9.17) is 0 Å². The molecule has 0 atom stereocenters. The average molecular weight is 137 g/mol. The molecule has 0 aromatic carbocycles. The van der Waals surface area contributed by atoms with Gasteiger partial charge in [0.2, 0.25) is 6.08 Å². The minimum absolute atomic E-state index is 0.371. The van der Waals surface area contributed by atoms with E-state index < -0.39 is 0 Å². The molecule has 0 saturated carbocycles. The molecule has 0 aromatic heterocycles. The van der Waals surface area contributed by atoms with Gasteiger partial charge < -0.3 is 0 Å². The van der Waals surface area contributed by atoms with Crippen LogP contribution in [0.2, 0.25) is 0 Å². The Hall–Kier alpha value is -1.14. The minimum Gasteiger partial charge on any atom is -0.211 e. The number of isocyanates is 1. The van der Waals surface area contributed by atoms with E-state index in [1.807, 2.05) is 6.92 Å². The summed E-state index contributed by atoms with van der Waals surface area (Å²) in [6.07, 6.45) is 2.20. The first-order valence-electron chi connectivity index (χ1n) is 3.01. The topological polar surface area (TPSA) is 29.4 Å². The van der Waals surface area contributed by atoms with Crippen molar-refractivity contribution >= 4 is 6.08 Å². The van der Waals surface area contributed by atoms with Crippen LogP contribution >= 0.6 is 0 Å². The fraction of sp³-hybridized carbons (Fsp3) is 0.375. The van der Waals surface area contributed by atoms with Crippen molar-refractivity contribution < 1.29 is 4.79 Å². The van der Waals surface area contributed by atoms with Crippen LogP contribution in [-0.4, -0.2) is 12.6 Å². The summed E-state index contributed by atoms with van der Waals surface area (Å²) < 4.78 is 0. The van der Waals surface area contributed by atoms with E-state index in [0.717, 1.165) is 17.6 Å². The van der Waals surface area contributed by atoms with Gasteiger partial charge in [-0.05, 0) is 13.3 Å². The van der Waals surface area contributed by atoms with E-state index in [0.29, 0.717) is 6.54 Å². The lowest BCUT2D eigenvalue weighted by molar-refractivity contribution is 0.563. The molecule has 0 saturated heterocycles. The van der Waals surface area contributed by atoms with Crippen LogP contribution in [0.1, 0.15) is 13.3 Å². The van der Waals surface area contributed by atoms with Crippen molar-refractivity contribution in [3.63, 3.8) is 0 Å². The zero-order valence-corrected chi connectivity index (χ0v) is 6.18. The highest BCUT2D eigenvalue weighted by Crippen LogP contribution is 2.05. The van der Waals surface area contributed by atoms with E-state index in [-0.39, 0.29) is 0 Å². The Labute approximate surface area is 61.0 Å². The molecule has 0 aliphatic carbocycles. The third kappa shape index (κ3) is 5.01. The molecular weight excluding hydrogens is 126 g/mol. The summed E-state index contributed by atoms with van der Waals surface area (Å²) in [6.45, 7) is 9.68. The molecule has 0 unspecified atom stereocenters. The molecule has 0 radical (unpaired) electrons. The van der Waals surface area contributed by atoms with E-state index in [1.54, 1.807) is 0 Å². The van der Waals surface area contributed by atoms with Gasteiger partial charge >= 0.3 is 0 Å². The number of hydrogen-bond donors (Lipinski definition) is 0. The number of carbonyl (C=O) groups excluding carboxylic acids is 1. The largest absolute Gasteiger partial charge is 0.235 e. The second kappa shape index (κ2) is 4.71. The molecule has 0 aliphatic heterocycles. The molecule has 0 N–H and O–H groups in total. The number of rotatable bonds is 4. The zero-order chi connectivity index (χ0) is 7.98. The predicted molar refractivity (Wildman–Crippen MR) is 41.6 cm³/mol. The monoisotopic (exact) mass is 137 g/mol. The van der Waals surface area contributed by atoms with Gasteiger partial charge in [0.25, 0.3) is 0 Å². The Kier molecular flexibility index (Phi) is 4.17. The van der Waals surface area contributed by atoms with E-state index in [2.05, 4.69) is 18.2 Å². The Morgan fingerprint density at radius 1 is 1.60 bits per heavy atom. The summed E-state index contributed by atoms with van der Waals surface area (Å²) in [4.78, 5) is 13.0. The van der Waals surface area contributed by atoms with Gasteiger partial charge in [0.1, 0.15) is 0 Å². The molecular formula is C8H11NO. The minimum atomic E-state index is 0.371. The van der Waals surface area contributed by atoms with Crippen LogP contribution in [0.15, 0.2) is 29.3 Å². The molecule has 0 heterocycles. The highest BCUT2D eigenvalue weighted by atomic mass is 16.1. The van der Waals surface area contributed by atoms with Crippen molar-refractivity contribution in [1.29, 1.82) is 0 Å². The first kappa shape index (κ1) is 8.86. The van der Waals surface area contributed by atoms with Crippen LogP contribution in [0.5, 0.6) is 0 Å². The number of hydrogen-bond acceptors (Lipinski definition) is 2. The molecule has 0 bridgehead atoms. The number of nitrogens with zero attached hydrogens (tertiary/aromatic N) is 1. The fourth-order valence-electron chi connectivity index (χ4n) is 0.627. The van der Waals surface area contributed by atoms with E-state index >= 15 is 0 Å². The second-order valence-electron chi connectivity index (χ2n) is 2.29. The van der Waals surface area contributed by atoms with Crippen LogP contribution in [0.25, 0.3) is 0 Å². The summed E-state index contributed by atoms with van der Waals surface area (Å²) in [5, 5.41) is 0. The normalized spacial score (nSPS) is 8.10. The summed E-state index contributed by atoms with van der Waals surface area (Å²) in [5.74, 6) is 0. The lowest BCUT2D eigenvalue weighted by atomic mass is 10.1. The third-order valence-electron chi connectivity index (χ3n) is 0.919. The summed E-state index contributed by atoms with van der Waals surface area (Å²) in [6, 6.07) is 0. The first-order valence-corrected chi connectivity index (χ1v) is 3.01. The van der Waals surface area contributed by atoms with E-state index in [1.165, 1.54) is 6.08 Å². The van der Waals surface area contributed by atoms with Crippen LogP contribution in [0.4, 0.5) is 0 Å². The van der Waals surface area contributed by atoms with Crippen molar-refractivity contribution in [2.24, 2.45) is 4.99 Å². The first-order chi connectivity index (χ1) is 4.66. The van der Waals surface area contributed by atoms with Crippen molar-refractivity contribution in [3.05, 3.63) is 24.3 Å². The molecule has 0 aliphatic rings. The SMILES string of the molecule is C=C(C)CC(=C)CN=C=O. The quantitative estimate of drug-likeness (QED) is 0.330. The average Bonchev–Trinajstić information content (AvgIpc) is 1.82. The molecule has 10 heavy (non-hydrogen) atoms. The maximum absolute atomic E-state index is 9.64. The van der Waals surface area contributed by atoms with Gasteiger partial charge in [-0.3, -0.25) is 0 Å². The van der Waals surface area contributed by atoms with Crippen molar-refractivity contribution in [2.75, 3.05) is 6.54 Å². The van der Waals surface area contributed by atoms with Gasteiger partial charge in [0, 0.05) is 0 Å². The fourth-order valence-corrected chi connectivity index (χ4v) is 0.627. The zero-order valence-electron chi connectivity index (χ0n) is 6.18. The maximum atomic E-state index is 9.64. The highest BCUT2D eigenvalue weighted by molar-refractivity contribution is 5.33. The Morgan fingerprint density at radius 3 is 2.60 bits per heavy atom.